The average Bonchev–Trinajstić information content (AvgIpc) is 3.03. The maximum absolute atomic E-state index is 12.9. The van der Waals surface area contributed by atoms with Gasteiger partial charge in [-0.25, -0.2) is 13.8 Å². The number of amides is 1. The highest BCUT2D eigenvalue weighted by atomic mass is 32.1. The molecule has 0 saturated heterocycles. The average molecular weight is 342 g/mol. The van der Waals surface area contributed by atoms with Crippen LogP contribution in [0, 0.1) is 11.6 Å². The van der Waals surface area contributed by atoms with Crippen molar-refractivity contribution in [3.63, 3.8) is 0 Å². The van der Waals surface area contributed by atoms with Crippen molar-refractivity contribution in [1.82, 2.24) is 4.98 Å². The van der Waals surface area contributed by atoms with Crippen LogP contribution in [0.5, 0.6) is 0 Å². The van der Waals surface area contributed by atoms with Gasteiger partial charge in [0.25, 0.3) is 0 Å². The molecule has 0 bridgehead atoms. The number of aromatic nitrogens is 1. The van der Waals surface area contributed by atoms with Crippen LogP contribution in [-0.2, 0) is 4.79 Å². The summed E-state index contributed by atoms with van der Waals surface area (Å²) < 4.78 is 25.7. The Morgan fingerprint density at radius 1 is 1.00 bits per heavy atom. The Labute approximate surface area is 141 Å². The molecule has 2 aromatic carbocycles. The zero-order chi connectivity index (χ0) is 16.9. The molecule has 1 amide bonds. The Kier molecular flexibility index (Phi) is 4.77. The van der Waals surface area contributed by atoms with E-state index in [4.69, 9.17) is 0 Å². The number of benzene rings is 2. The number of carbonyl (C=O) groups excluding carboxylic acids is 1. The number of rotatable bonds is 4. The van der Waals surface area contributed by atoms with Crippen molar-refractivity contribution in [3.05, 3.63) is 77.2 Å². The molecule has 0 aliphatic rings. The second kappa shape index (κ2) is 7.14. The van der Waals surface area contributed by atoms with E-state index in [9.17, 15) is 13.6 Å². The van der Waals surface area contributed by atoms with E-state index >= 15 is 0 Å². The van der Waals surface area contributed by atoms with Crippen LogP contribution < -0.4 is 5.32 Å². The van der Waals surface area contributed by atoms with Crippen molar-refractivity contribution < 1.29 is 13.6 Å². The summed E-state index contributed by atoms with van der Waals surface area (Å²) in [5.41, 5.74) is 2.16. The van der Waals surface area contributed by atoms with E-state index < -0.39 is 0 Å². The second-order valence-electron chi connectivity index (χ2n) is 4.92. The fraction of sp³-hybridized carbons (Fsp3) is 0. The standard InChI is InChI=1S/C18H12F2N2OS/c19-14-6-1-12(2-7-14)3-10-17(23)22-18-21-16(11-24-18)13-4-8-15(20)9-5-13/h1-11H,(H,21,22,23). The Morgan fingerprint density at radius 2 is 1.62 bits per heavy atom. The van der Waals surface area contributed by atoms with Crippen LogP contribution in [-0.4, -0.2) is 10.9 Å². The van der Waals surface area contributed by atoms with E-state index in [1.54, 1.807) is 35.7 Å². The maximum Gasteiger partial charge on any atom is 0.250 e. The summed E-state index contributed by atoms with van der Waals surface area (Å²) in [6.07, 6.45) is 2.94. The third kappa shape index (κ3) is 4.11. The first-order valence-electron chi connectivity index (χ1n) is 7.06. The first-order chi connectivity index (χ1) is 11.6. The maximum atomic E-state index is 12.9. The SMILES string of the molecule is O=C(C=Cc1ccc(F)cc1)Nc1nc(-c2ccc(F)cc2)cs1. The molecular weight excluding hydrogens is 330 g/mol. The minimum absolute atomic E-state index is 0.312. The summed E-state index contributed by atoms with van der Waals surface area (Å²) in [5.74, 6) is -0.972. The minimum Gasteiger partial charge on any atom is -0.298 e. The van der Waals surface area contributed by atoms with Crippen LogP contribution in [0.3, 0.4) is 0 Å². The molecule has 0 aliphatic carbocycles. The second-order valence-corrected chi connectivity index (χ2v) is 5.78. The number of anilines is 1. The third-order valence-electron chi connectivity index (χ3n) is 3.17. The molecule has 0 saturated carbocycles. The van der Waals surface area contributed by atoms with E-state index in [1.807, 2.05) is 0 Å². The highest BCUT2D eigenvalue weighted by Crippen LogP contribution is 2.25. The van der Waals surface area contributed by atoms with Gasteiger partial charge in [-0.05, 0) is 48.0 Å². The molecule has 3 aromatic rings. The molecule has 1 heterocycles. The predicted molar refractivity (Wildman–Crippen MR) is 91.6 cm³/mol. The number of hydrogen-bond donors (Lipinski definition) is 1. The molecule has 1 aromatic heterocycles. The fourth-order valence-electron chi connectivity index (χ4n) is 1.98. The van der Waals surface area contributed by atoms with Crippen molar-refractivity contribution in [2.75, 3.05) is 5.32 Å². The van der Waals surface area contributed by atoms with Crippen LogP contribution in [0.1, 0.15) is 5.56 Å². The van der Waals surface area contributed by atoms with Crippen molar-refractivity contribution in [2.45, 2.75) is 0 Å². The summed E-state index contributed by atoms with van der Waals surface area (Å²) in [4.78, 5) is 16.2. The quantitative estimate of drug-likeness (QED) is 0.696. The monoisotopic (exact) mass is 342 g/mol. The lowest BCUT2D eigenvalue weighted by atomic mass is 10.2. The Bertz CT molecular complexity index is 871. The van der Waals surface area contributed by atoms with Gasteiger partial charge in [-0.15, -0.1) is 11.3 Å². The van der Waals surface area contributed by atoms with Gasteiger partial charge >= 0.3 is 0 Å². The molecule has 0 radical (unpaired) electrons. The van der Waals surface area contributed by atoms with Crippen molar-refractivity contribution in [1.29, 1.82) is 0 Å². The van der Waals surface area contributed by atoms with E-state index in [0.29, 0.717) is 10.8 Å². The van der Waals surface area contributed by atoms with E-state index in [2.05, 4.69) is 10.3 Å². The Morgan fingerprint density at radius 3 is 2.29 bits per heavy atom. The summed E-state index contributed by atoms with van der Waals surface area (Å²) >= 11 is 1.28. The van der Waals surface area contributed by atoms with Gasteiger partial charge in [0.2, 0.25) is 5.91 Å². The molecule has 3 rings (SSSR count). The zero-order valence-corrected chi connectivity index (χ0v) is 13.2. The molecule has 3 nitrogen and oxygen atoms in total. The lowest BCUT2D eigenvalue weighted by Crippen LogP contribution is -2.07. The summed E-state index contributed by atoms with van der Waals surface area (Å²) in [6, 6.07) is 11.8. The lowest BCUT2D eigenvalue weighted by molar-refractivity contribution is -0.111. The normalized spacial score (nSPS) is 10.9. The largest absolute Gasteiger partial charge is 0.298 e. The topological polar surface area (TPSA) is 42.0 Å². The fourth-order valence-corrected chi connectivity index (χ4v) is 2.70. The summed E-state index contributed by atoms with van der Waals surface area (Å²) in [7, 11) is 0. The van der Waals surface area contributed by atoms with Gasteiger partial charge in [0.15, 0.2) is 5.13 Å². The molecule has 120 valence electrons. The molecule has 0 atom stereocenters. The number of thiazole rings is 1. The number of halogens is 2. The highest BCUT2D eigenvalue weighted by Gasteiger charge is 2.06. The van der Waals surface area contributed by atoms with E-state index in [1.165, 1.54) is 41.7 Å². The molecule has 0 unspecified atom stereocenters. The Balaban J connectivity index is 1.64. The predicted octanol–water partition coefficient (Wildman–Crippen LogP) is 4.74. The smallest absolute Gasteiger partial charge is 0.250 e. The Hall–Kier alpha value is -2.86. The zero-order valence-electron chi connectivity index (χ0n) is 12.4. The van der Waals surface area contributed by atoms with Gasteiger partial charge < -0.3 is 0 Å². The first-order valence-corrected chi connectivity index (χ1v) is 7.94. The minimum atomic E-state index is -0.334. The third-order valence-corrected chi connectivity index (χ3v) is 3.93. The van der Waals surface area contributed by atoms with Crippen molar-refractivity contribution in [3.8, 4) is 11.3 Å². The van der Waals surface area contributed by atoms with Gasteiger partial charge in [-0.3, -0.25) is 10.1 Å². The molecule has 1 N–H and O–H groups in total. The van der Waals surface area contributed by atoms with Crippen LogP contribution in [0.25, 0.3) is 17.3 Å². The van der Waals surface area contributed by atoms with Gasteiger partial charge in [0.1, 0.15) is 11.6 Å². The molecule has 0 spiro atoms. The number of nitrogens with zero attached hydrogens (tertiary/aromatic N) is 1. The van der Waals surface area contributed by atoms with Crippen molar-refractivity contribution in [2.24, 2.45) is 0 Å². The number of carbonyl (C=O) groups is 1. The van der Waals surface area contributed by atoms with Crippen LogP contribution in [0.2, 0.25) is 0 Å². The molecule has 0 aliphatic heterocycles. The molecule has 6 heteroatoms. The highest BCUT2D eigenvalue weighted by molar-refractivity contribution is 7.14. The van der Waals surface area contributed by atoms with E-state index in [-0.39, 0.29) is 17.5 Å². The number of hydrogen-bond acceptors (Lipinski definition) is 3. The molecule has 0 fully saturated rings. The number of nitrogens with one attached hydrogen (secondary N) is 1. The molecule has 24 heavy (non-hydrogen) atoms. The van der Waals surface area contributed by atoms with Crippen LogP contribution >= 0.6 is 11.3 Å². The van der Waals surface area contributed by atoms with Gasteiger partial charge in [-0.1, -0.05) is 12.1 Å². The summed E-state index contributed by atoms with van der Waals surface area (Å²) in [5, 5.41) is 4.89. The van der Waals surface area contributed by atoms with Gasteiger partial charge in [0, 0.05) is 17.0 Å². The lowest BCUT2D eigenvalue weighted by Gasteiger charge is -1.97. The molecular formula is C18H12F2N2OS. The van der Waals surface area contributed by atoms with E-state index in [0.717, 1.165) is 11.1 Å². The van der Waals surface area contributed by atoms with Gasteiger partial charge in [0.05, 0.1) is 5.69 Å². The first kappa shape index (κ1) is 16.0. The van der Waals surface area contributed by atoms with Gasteiger partial charge in [-0.2, -0.15) is 0 Å². The van der Waals surface area contributed by atoms with Crippen molar-refractivity contribution >= 4 is 28.5 Å². The van der Waals surface area contributed by atoms with Crippen LogP contribution in [0.4, 0.5) is 13.9 Å². The van der Waals surface area contributed by atoms with Crippen LogP contribution in [0.15, 0.2) is 60.0 Å². The summed E-state index contributed by atoms with van der Waals surface area (Å²) in [6.45, 7) is 0.